The maximum Gasteiger partial charge on any atom is 0.422 e. The highest BCUT2D eigenvalue weighted by Gasteiger charge is 2.29. The zero-order valence-corrected chi connectivity index (χ0v) is 18.0. The van der Waals surface area contributed by atoms with Crippen LogP contribution in [0.15, 0.2) is 42.5 Å². The molecule has 0 amide bonds. The molecule has 0 spiro atoms. The lowest BCUT2D eigenvalue weighted by Gasteiger charge is -2.19. The van der Waals surface area contributed by atoms with E-state index in [1.807, 2.05) is 0 Å². The van der Waals surface area contributed by atoms with E-state index in [0.717, 1.165) is 38.9 Å². The van der Waals surface area contributed by atoms with E-state index in [-0.39, 0.29) is 5.75 Å². The molecular weight excluding hydrogens is 420 g/mol. The highest BCUT2D eigenvalue weighted by Crippen LogP contribution is 2.29. The Kier molecular flexibility index (Phi) is 9.11. The van der Waals surface area contributed by atoms with E-state index in [1.165, 1.54) is 22.9 Å². The topological polar surface area (TPSA) is 43.0 Å². The second-order valence-corrected chi connectivity index (χ2v) is 7.62. The number of nitrogens with zero attached hydrogens (tertiary/aromatic N) is 1. The molecule has 32 heavy (non-hydrogen) atoms. The van der Waals surface area contributed by atoms with E-state index >= 15 is 0 Å². The van der Waals surface area contributed by atoms with Crippen LogP contribution in [-0.4, -0.2) is 60.2 Å². The predicted molar refractivity (Wildman–Crippen MR) is 119 cm³/mol. The molecule has 1 N–H and O–H groups in total. The first-order valence-electron chi connectivity index (χ1n) is 10.8. The van der Waals surface area contributed by atoms with Crippen LogP contribution in [0.25, 0.3) is 0 Å². The van der Waals surface area contributed by atoms with Crippen LogP contribution in [0.1, 0.15) is 17.5 Å². The summed E-state index contributed by atoms with van der Waals surface area (Å²) in [7, 11) is 5.09. The van der Waals surface area contributed by atoms with E-state index in [2.05, 4.69) is 33.1 Å². The van der Waals surface area contributed by atoms with Crippen LogP contribution in [-0.2, 0) is 17.5 Å². The van der Waals surface area contributed by atoms with Crippen molar-refractivity contribution in [3.8, 4) is 11.5 Å². The first kappa shape index (κ1) is 24.3. The molecule has 0 aliphatic carbocycles. The molecule has 0 fully saturated rings. The minimum atomic E-state index is -4.38. The molecule has 1 heterocycles. The van der Waals surface area contributed by atoms with Gasteiger partial charge in [0.1, 0.15) is 6.61 Å². The van der Waals surface area contributed by atoms with Crippen LogP contribution < -0.4 is 19.7 Å². The van der Waals surface area contributed by atoms with Gasteiger partial charge in [-0.15, -0.1) is 0 Å². The quantitative estimate of drug-likeness (QED) is 0.374. The minimum absolute atomic E-state index is 0.0903. The van der Waals surface area contributed by atoms with Gasteiger partial charge in [0, 0.05) is 31.9 Å². The Morgan fingerprint density at radius 1 is 1.00 bits per heavy atom. The number of benzene rings is 2. The lowest BCUT2D eigenvalue weighted by Crippen LogP contribution is -2.24. The van der Waals surface area contributed by atoms with Gasteiger partial charge in [-0.05, 0) is 55.1 Å². The molecule has 3 rings (SSSR count). The molecule has 172 valence electrons. The van der Waals surface area contributed by atoms with Crippen molar-refractivity contribution >= 4 is 13.7 Å². The number of anilines is 1. The van der Waals surface area contributed by atoms with Crippen molar-refractivity contribution in [1.82, 2.24) is 5.32 Å². The molecule has 2 aromatic rings. The Labute approximate surface area is 188 Å². The molecule has 0 unspecified atom stereocenters. The van der Waals surface area contributed by atoms with Crippen LogP contribution in [0.5, 0.6) is 11.5 Å². The van der Waals surface area contributed by atoms with Crippen LogP contribution >= 0.6 is 0 Å². The Morgan fingerprint density at radius 2 is 1.78 bits per heavy atom. The van der Waals surface area contributed by atoms with Gasteiger partial charge in [0.15, 0.2) is 18.1 Å². The van der Waals surface area contributed by atoms with Crippen molar-refractivity contribution in [2.24, 2.45) is 0 Å². The smallest absolute Gasteiger partial charge is 0.422 e. The standard InChI is InChI=1S/C23H28BF3N2O3/c24-32-14-3-12-29-13-9-19-16-18(6-7-20(19)29)8-10-28-11-15-30-21-4-1-2-5-22(21)31-17-23(25,26)27/h1-2,4-7,16,28H,3,8-15,17H2. The molecule has 1 aliphatic rings. The average Bonchev–Trinajstić information content (AvgIpc) is 3.17. The Balaban J connectivity index is 1.36. The second-order valence-electron chi connectivity index (χ2n) is 7.62. The number of hydrogen-bond donors (Lipinski definition) is 1. The van der Waals surface area contributed by atoms with Crippen molar-refractivity contribution in [1.29, 1.82) is 0 Å². The molecule has 0 saturated heterocycles. The van der Waals surface area contributed by atoms with Gasteiger partial charge in [-0.3, -0.25) is 0 Å². The number of hydrogen-bond acceptors (Lipinski definition) is 5. The number of halogens is 3. The summed E-state index contributed by atoms with van der Waals surface area (Å²) < 4.78 is 52.2. The van der Waals surface area contributed by atoms with Crippen LogP contribution in [0, 0.1) is 0 Å². The van der Waals surface area contributed by atoms with Crippen molar-refractivity contribution in [2.45, 2.75) is 25.4 Å². The number of alkyl halides is 3. The van der Waals surface area contributed by atoms with E-state index in [4.69, 9.17) is 17.5 Å². The Bertz CT molecular complexity index is 851. The van der Waals surface area contributed by atoms with Crippen molar-refractivity contribution in [3.63, 3.8) is 0 Å². The molecule has 2 radical (unpaired) electrons. The average molecular weight is 448 g/mol. The number of fused-ring (bicyclic) bond motifs is 1. The molecule has 0 aromatic heterocycles. The molecule has 5 nitrogen and oxygen atoms in total. The van der Waals surface area contributed by atoms with Gasteiger partial charge in [-0.2, -0.15) is 13.2 Å². The number of rotatable bonds is 13. The number of para-hydroxylation sites is 2. The summed E-state index contributed by atoms with van der Waals surface area (Å²) in [4.78, 5) is 2.37. The van der Waals surface area contributed by atoms with E-state index in [1.54, 1.807) is 18.2 Å². The summed E-state index contributed by atoms with van der Waals surface area (Å²) in [6, 6.07) is 13.0. The zero-order chi connectivity index (χ0) is 22.8. The summed E-state index contributed by atoms with van der Waals surface area (Å²) >= 11 is 0. The van der Waals surface area contributed by atoms with E-state index in [9.17, 15) is 13.2 Å². The summed E-state index contributed by atoms with van der Waals surface area (Å²) in [5.41, 5.74) is 3.93. The van der Waals surface area contributed by atoms with Gasteiger partial charge >= 0.3 is 6.18 Å². The fourth-order valence-corrected chi connectivity index (χ4v) is 3.69. The molecule has 0 saturated carbocycles. The predicted octanol–water partition coefficient (Wildman–Crippen LogP) is 3.69. The lowest BCUT2D eigenvalue weighted by atomic mass is 10.1. The second kappa shape index (κ2) is 12.0. The highest BCUT2D eigenvalue weighted by molar-refractivity contribution is 5.97. The minimum Gasteiger partial charge on any atom is -0.488 e. The molecule has 2 aromatic carbocycles. The van der Waals surface area contributed by atoms with Gasteiger partial charge in [0.2, 0.25) is 0 Å². The molecule has 0 bridgehead atoms. The van der Waals surface area contributed by atoms with Crippen molar-refractivity contribution in [2.75, 3.05) is 50.9 Å². The van der Waals surface area contributed by atoms with Gasteiger partial charge < -0.3 is 24.3 Å². The third-order valence-corrected chi connectivity index (χ3v) is 5.19. The van der Waals surface area contributed by atoms with Gasteiger partial charge in [0.05, 0.1) is 0 Å². The lowest BCUT2D eigenvalue weighted by molar-refractivity contribution is -0.153. The van der Waals surface area contributed by atoms with Crippen molar-refractivity contribution < 1.29 is 27.3 Å². The zero-order valence-electron chi connectivity index (χ0n) is 18.0. The first-order valence-corrected chi connectivity index (χ1v) is 10.8. The number of ether oxygens (including phenoxy) is 2. The number of nitrogens with one attached hydrogen (secondary N) is 1. The SMILES string of the molecule is [B]OCCCN1CCc2cc(CCNCCOc3ccccc3OCC(F)(F)F)ccc21. The Hall–Kier alpha value is -2.39. The largest absolute Gasteiger partial charge is 0.488 e. The van der Waals surface area contributed by atoms with Gasteiger partial charge in [-0.25, -0.2) is 0 Å². The third kappa shape index (κ3) is 7.64. The molecular formula is C23H28BF3N2O3. The van der Waals surface area contributed by atoms with Crippen LogP contribution in [0.3, 0.4) is 0 Å². The van der Waals surface area contributed by atoms with Crippen molar-refractivity contribution in [3.05, 3.63) is 53.6 Å². The fraction of sp³-hybridized carbons (Fsp3) is 0.478. The monoisotopic (exact) mass is 448 g/mol. The highest BCUT2D eigenvalue weighted by atomic mass is 19.4. The fourth-order valence-electron chi connectivity index (χ4n) is 3.69. The van der Waals surface area contributed by atoms with E-state index < -0.39 is 12.8 Å². The Morgan fingerprint density at radius 3 is 2.53 bits per heavy atom. The first-order chi connectivity index (χ1) is 15.5. The van der Waals surface area contributed by atoms with Crippen LogP contribution in [0.4, 0.5) is 18.9 Å². The summed E-state index contributed by atoms with van der Waals surface area (Å²) in [6.45, 7) is 2.87. The summed E-state index contributed by atoms with van der Waals surface area (Å²) in [6.07, 6.45) is -1.55. The maximum atomic E-state index is 12.4. The normalized spacial score (nSPS) is 13.3. The summed E-state index contributed by atoms with van der Waals surface area (Å²) in [5, 5.41) is 3.31. The third-order valence-electron chi connectivity index (χ3n) is 5.19. The molecule has 1 aliphatic heterocycles. The summed E-state index contributed by atoms with van der Waals surface area (Å²) in [5.74, 6) is 0.396. The van der Waals surface area contributed by atoms with Crippen LogP contribution in [0.2, 0.25) is 0 Å². The maximum absolute atomic E-state index is 12.4. The van der Waals surface area contributed by atoms with E-state index in [0.29, 0.717) is 25.5 Å². The molecule has 0 atom stereocenters. The van der Waals surface area contributed by atoms with Gasteiger partial charge in [0.25, 0.3) is 8.05 Å². The van der Waals surface area contributed by atoms with Gasteiger partial charge in [-0.1, -0.05) is 24.3 Å². The molecule has 9 heteroatoms.